The molecule has 1 aromatic rings. The third-order valence-electron chi connectivity index (χ3n) is 3.84. The van der Waals surface area contributed by atoms with Gasteiger partial charge in [-0.25, -0.2) is 8.78 Å². The van der Waals surface area contributed by atoms with Gasteiger partial charge in [0, 0.05) is 18.7 Å². The summed E-state index contributed by atoms with van der Waals surface area (Å²) in [4.78, 5) is 0. The molecule has 0 aliphatic heterocycles. The SMILES string of the molecule is CC1CCCC(O)(CNCc2cc(F)ccc2F)C1. The van der Waals surface area contributed by atoms with E-state index in [1.54, 1.807) is 0 Å². The van der Waals surface area contributed by atoms with Gasteiger partial charge in [0.05, 0.1) is 5.60 Å². The van der Waals surface area contributed by atoms with Crippen LogP contribution in [0.1, 0.15) is 38.2 Å². The number of aliphatic hydroxyl groups is 1. The maximum absolute atomic E-state index is 13.4. The molecule has 0 amide bonds. The van der Waals surface area contributed by atoms with Crippen molar-refractivity contribution in [2.75, 3.05) is 6.54 Å². The fourth-order valence-electron chi connectivity index (χ4n) is 2.90. The first-order valence-electron chi connectivity index (χ1n) is 6.85. The Hall–Kier alpha value is -1.00. The van der Waals surface area contributed by atoms with Crippen molar-refractivity contribution in [3.8, 4) is 0 Å². The van der Waals surface area contributed by atoms with Gasteiger partial charge in [0.15, 0.2) is 0 Å². The number of benzene rings is 1. The van der Waals surface area contributed by atoms with Crippen LogP contribution in [0.25, 0.3) is 0 Å². The number of halogens is 2. The van der Waals surface area contributed by atoms with Crippen molar-refractivity contribution in [3.05, 3.63) is 35.4 Å². The van der Waals surface area contributed by atoms with Crippen LogP contribution in [0, 0.1) is 17.6 Å². The lowest BCUT2D eigenvalue weighted by Gasteiger charge is -2.35. The van der Waals surface area contributed by atoms with Gasteiger partial charge >= 0.3 is 0 Å². The minimum atomic E-state index is -0.707. The second-order valence-electron chi connectivity index (χ2n) is 5.77. The van der Waals surface area contributed by atoms with Gasteiger partial charge in [-0.15, -0.1) is 0 Å². The Bertz CT molecular complexity index is 438. The van der Waals surface area contributed by atoms with Crippen molar-refractivity contribution in [3.63, 3.8) is 0 Å². The summed E-state index contributed by atoms with van der Waals surface area (Å²) < 4.78 is 26.4. The molecule has 1 fully saturated rings. The first-order chi connectivity index (χ1) is 8.98. The molecule has 2 unspecified atom stereocenters. The molecule has 0 saturated heterocycles. The first kappa shape index (κ1) is 14.4. The van der Waals surface area contributed by atoms with Crippen molar-refractivity contribution in [1.29, 1.82) is 0 Å². The fourth-order valence-corrected chi connectivity index (χ4v) is 2.90. The molecule has 2 atom stereocenters. The van der Waals surface area contributed by atoms with Gasteiger partial charge in [0.2, 0.25) is 0 Å². The van der Waals surface area contributed by atoms with Crippen LogP contribution in [0.15, 0.2) is 18.2 Å². The lowest BCUT2D eigenvalue weighted by atomic mass is 9.79. The van der Waals surface area contributed by atoms with Gasteiger partial charge in [-0.2, -0.15) is 0 Å². The van der Waals surface area contributed by atoms with Gasteiger partial charge in [0.1, 0.15) is 11.6 Å². The maximum atomic E-state index is 13.4. The third kappa shape index (κ3) is 3.98. The summed E-state index contributed by atoms with van der Waals surface area (Å²) in [7, 11) is 0. The van der Waals surface area contributed by atoms with E-state index in [4.69, 9.17) is 0 Å². The summed E-state index contributed by atoms with van der Waals surface area (Å²) in [6.07, 6.45) is 3.72. The molecule has 1 saturated carbocycles. The van der Waals surface area contributed by atoms with E-state index < -0.39 is 17.2 Å². The molecule has 2 nitrogen and oxygen atoms in total. The highest BCUT2D eigenvalue weighted by Crippen LogP contribution is 2.31. The highest BCUT2D eigenvalue weighted by atomic mass is 19.1. The molecule has 1 aliphatic carbocycles. The van der Waals surface area contributed by atoms with E-state index in [0.29, 0.717) is 18.0 Å². The van der Waals surface area contributed by atoms with Crippen molar-refractivity contribution >= 4 is 0 Å². The van der Waals surface area contributed by atoms with E-state index in [0.717, 1.165) is 37.8 Å². The molecule has 1 aromatic carbocycles. The van der Waals surface area contributed by atoms with Gasteiger partial charge < -0.3 is 10.4 Å². The topological polar surface area (TPSA) is 32.3 Å². The molecule has 1 aliphatic rings. The molecule has 0 aromatic heterocycles. The molecule has 0 heterocycles. The van der Waals surface area contributed by atoms with Gasteiger partial charge in [0.25, 0.3) is 0 Å². The van der Waals surface area contributed by atoms with Crippen LogP contribution in [-0.2, 0) is 6.54 Å². The molecule has 2 rings (SSSR count). The third-order valence-corrected chi connectivity index (χ3v) is 3.84. The molecule has 0 radical (unpaired) electrons. The summed E-state index contributed by atoms with van der Waals surface area (Å²) >= 11 is 0. The Balaban J connectivity index is 1.87. The summed E-state index contributed by atoms with van der Waals surface area (Å²) in [5, 5.41) is 13.5. The highest BCUT2D eigenvalue weighted by molar-refractivity contribution is 5.18. The molecular weight excluding hydrogens is 248 g/mol. The molecule has 2 N–H and O–H groups in total. The van der Waals surface area contributed by atoms with Crippen LogP contribution in [0.4, 0.5) is 8.78 Å². The number of nitrogens with one attached hydrogen (secondary N) is 1. The molecule has 19 heavy (non-hydrogen) atoms. The fraction of sp³-hybridized carbons (Fsp3) is 0.600. The second kappa shape index (κ2) is 5.97. The molecule has 4 heteroatoms. The van der Waals surface area contributed by atoms with Crippen molar-refractivity contribution < 1.29 is 13.9 Å². The van der Waals surface area contributed by atoms with E-state index >= 15 is 0 Å². The van der Waals surface area contributed by atoms with E-state index in [1.807, 2.05) is 0 Å². The zero-order valence-electron chi connectivity index (χ0n) is 11.3. The number of hydrogen-bond acceptors (Lipinski definition) is 2. The minimum Gasteiger partial charge on any atom is -0.389 e. The van der Waals surface area contributed by atoms with Gasteiger partial charge in [-0.05, 0) is 37.0 Å². The minimum absolute atomic E-state index is 0.236. The standard InChI is InChI=1S/C15H21F2NO/c1-11-3-2-6-15(19,8-11)10-18-9-12-7-13(16)4-5-14(12)17/h4-5,7,11,18-19H,2-3,6,8-10H2,1H3. The average molecular weight is 269 g/mol. The maximum Gasteiger partial charge on any atom is 0.127 e. The van der Waals surface area contributed by atoms with Crippen molar-refractivity contribution in [2.24, 2.45) is 5.92 Å². The summed E-state index contributed by atoms with van der Waals surface area (Å²) in [6.45, 7) is 2.80. The smallest absolute Gasteiger partial charge is 0.127 e. The zero-order chi connectivity index (χ0) is 13.9. The molecule has 0 bridgehead atoms. The predicted molar refractivity (Wildman–Crippen MR) is 70.6 cm³/mol. The number of hydrogen-bond donors (Lipinski definition) is 2. The van der Waals surface area contributed by atoms with E-state index in [2.05, 4.69) is 12.2 Å². The van der Waals surface area contributed by atoms with Crippen molar-refractivity contribution in [1.82, 2.24) is 5.32 Å². The van der Waals surface area contributed by atoms with E-state index in [1.165, 1.54) is 6.07 Å². The normalized spacial score (nSPS) is 27.5. The van der Waals surface area contributed by atoms with Gasteiger partial charge in [-0.1, -0.05) is 19.8 Å². The predicted octanol–water partition coefficient (Wildman–Crippen LogP) is 3.00. The second-order valence-corrected chi connectivity index (χ2v) is 5.77. The Morgan fingerprint density at radius 1 is 1.42 bits per heavy atom. The lowest BCUT2D eigenvalue weighted by molar-refractivity contribution is -0.0119. The zero-order valence-corrected chi connectivity index (χ0v) is 11.3. The Kier molecular flexibility index (Phi) is 4.53. The van der Waals surface area contributed by atoms with E-state index in [9.17, 15) is 13.9 Å². The molecule has 106 valence electrons. The van der Waals surface area contributed by atoms with Crippen LogP contribution in [0.2, 0.25) is 0 Å². The monoisotopic (exact) mass is 269 g/mol. The average Bonchev–Trinajstić information content (AvgIpc) is 2.33. The number of rotatable bonds is 4. The lowest BCUT2D eigenvalue weighted by Crippen LogP contribution is -2.43. The van der Waals surface area contributed by atoms with Crippen LogP contribution >= 0.6 is 0 Å². The quantitative estimate of drug-likeness (QED) is 0.880. The molecule has 0 spiro atoms. The van der Waals surface area contributed by atoms with Gasteiger partial charge in [-0.3, -0.25) is 0 Å². The molecular formula is C15H21F2NO. The Morgan fingerprint density at radius 3 is 2.95 bits per heavy atom. The summed E-state index contributed by atoms with van der Waals surface area (Å²) in [5.74, 6) is -0.340. The largest absolute Gasteiger partial charge is 0.389 e. The van der Waals surface area contributed by atoms with Crippen LogP contribution in [-0.4, -0.2) is 17.3 Å². The summed E-state index contributed by atoms with van der Waals surface area (Å²) in [5.41, 5.74) is -0.408. The van der Waals surface area contributed by atoms with Crippen LogP contribution in [0.3, 0.4) is 0 Å². The van der Waals surface area contributed by atoms with Crippen LogP contribution in [0.5, 0.6) is 0 Å². The highest BCUT2D eigenvalue weighted by Gasteiger charge is 2.32. The Morgan fingerprint density at radius 2 is 2.21 bits per heavy atom. The summed E-state index contributed by atoms with van der Waals surface area (Å²) in [6, 6.07) is 3.43. The van der Waals surface area contributed by atoms with E-state index in [-0.39, 0.29) is 6.54 Å². The van der Waals surface area contributed by atoms with Crippen molar-refractivity contribution in [2.45, 2.75) is 44.8 Å². The first-order valence-corrected chi connectivity index (χ1v) is 6.85. The van der Waals surface area contributed by atoms with Crippen LogP contribution < -0.4 is 5.32 Å². The Labute approximate surface area is 112 Å².